The van der Waals surface area contributed by atoms with Crippen molar-refractivity contribution in [3.05, 3.63) is 29.8 Å². The van der Waals surface area contributed by atoms with Crippen molar-refractivity contribution in [3.63, 3.8) is 0 Å². The molecule has 2 fully saturated rings. The second-order valence-corrected chi connectivity index (χ2v) is 9.26. The lowest BCUT2D eigenvalue weighted by molar-refractivity contribution is -0.122. The molecule has 1 saturated carbocycles. The molecule has 1 heterocycles. The van der Waals surface area contributed by atoms with Crippen LogP contribution in [-0.4, -0.2) is 37.6 Å². The van der Waals surface area contributed by atoms with Crippen LogP contribution in [-0.2, 0) is 14.8 Å². The Morgan fingerprint density at radius 3 is 2.22 bits per heavy atom. The maximum atomic E-state index is 12.5. The minimum absolute atomic E-state index is 0.182. The van der Waals surface area contributed by atoms with E-state index in [1.807, 2.05) is 0 Å². The van der Waals surface area contributed by atoms with Crippen molar-refractivity contribution < 1.29 is 18.0 Å². The van der Waals surface area contributed by atoms with E-state index in [9.17, 15) is 18.0 Å². The second kappa shape index (κ2) is 8.84. The third-order valence-electron chi connectivity index (χ3n) is 5.39. The highest BCUT2D eigenvalue weighted by Gasteiger charge is 2.27. The van der Waals surface area contributed by atoms with E-state index in [0.717, 1.165) is 19.3 Å². The number of carbonyl (C=O) groups excluding carboxylic acids is 2. The van der Waals surface area contributed by atoms with E-state index in [1.165, 1.54) is 54.3 Å². The molecular weight excluding hydrogens is 366 g/mol. The molecule has 0 bridgehead atoms. The molecule has 0 atom stereocenters. The van der Waals surface area contributed by atoms with Crippen LogP contribution >= 0.6 is 0 Å². The van der Waals surface area contributed by atoms with E-state index in [-0.39, 0.29) is 10.8 Å². The molecule has 2 N–H and O–H groups in total. The summed E-state index contributed by atoms with van der Waals surface area (Å²) in [6, 6.07) is 5.79. The van der Waals surface area contributed by atoms with Crippen molar-refractivity contribution in [3.8, 4) is 0 Å². The van der Waals surface area contributed by atoms with Crippen LogP contribution in [0.4, 0.5) is 0 Å². The van der Waals surface area contributed by atoms with Gasteiger partial charge in [-0.3, -0.25) is 20.4 Å². The third-order valence-corrected chi connectivity index (χ3v) is 7.30. The van der Waals surface area contributed by atoms with E-state index >= 15 is 0 Å². The molecule has 0 aromatic heterocycles. The first-order valence-electron chi connectivity index (χ1n) is 9.66. The number of carbonyl (C=O) groups is 2. The second-order valence-electron chi connectivity index (χ2n) is 7.33. The molecule has 2 aliphatic rings. The van der Waals surface area contributed by atoms with Gasteiger partial charge in [0.1, 0.15) is 0 Å². The Kier molecular flexibility index (Phi) is 6.49. The van der Waals surface area contributed by atoms with Crippen molar-refractivity contribution in [1.29, 1.82) is 0 Å². The standard InChI is InChI=1S/C19H27N3O4S/c23-18(12-7-15-5-1-2-6-15)20-21-19(24)16-8-10-17(11-9-16)27(25,26)22-13-3-4-14-22/h8-11,15H,1-7,12-14H2,(H,20,23)(H,21,24). The molecule has 7 nitrogen and oxygen atoms in total. The minimum Gasteiger partial charge on any atom is -0.273 e. The monoisotopic (exact) mass is 393 g/mol. The summed E-state index contributed by atoms with van der Waals surface area (Å²) in [5.41, 5.74) is 5.12. The lowest BCUT2D eigenvalue weighted by Gasteiger charge is -2.15. The lowest BCUT2D eigenvalue weighted by atomic mass is 10.0. The fraction of sp³-hybridized carbons (Fsp3) is 0.579. The van der Waals surface area contributed by atoms with Gasteiger partial charge in [0, 0.05) is 25.1 Å². The number of nitrogens with one attached hydrogen (secondary N) is 2. The first kappa shape index (κ1) is 19.8. The van der Waals surface area contributed by atoms with E-state index in [2.05, 4.69) is 10.9 Å². The highest BCUT2D eigenvalue weighted by molar-refractivity contribution is 7.89. The topological polar surface area (TPSA) is 95.6 Å². The summed E-state index contributed by atoms with van der Waals surface area (Å²) in [6.07, 6.45) is 7.86. The average molecular weight is 394 g/mol. The highest BCUT2D eigenvalue weighted by atomic mass is 32.2. The number of rotatable bonds is 6. The average Bonchev–Trinajstić information content (AvgIpc) is 3.38. The summed E-state index contributed by atoms with van der Waals surface area (Å²) in [5, 5.41) is 0. The van der Waals surface area contributed by atoms with Crippen LogP contribution < -0.4 is 10.9 Å². The van der Waals surface area contributed by atoms with Crippen LogP contribution in [0, 0.1) is 5.92 Å². The van der Waals surface area contributed by atoms with Crippen LogP contribution in [0.3, 0.4) is 0 Å². The van der Waals surface area contributed by atoms with Crippen molar-refractivity contribution >= 4 is 21.8 Å². The van der Waals surface area contributed by atoms with Gasteiger partial charge < -0.3 is 0 Å². The normalized spacial score (nSPS) is 18.5. The molecular formula is C19H27N3O4S. The number of hydrazine groups is 1. The summed E-state index contributed by atoms with van der Waals surface area (Å²) in [6.45, 7) is 1.08. The molecule has 3 rings (SSSR count). The Morgan fingerprint density at radius 1 is 0.963 bits per heavy atom. The van der Waals surface area contributed by atoms with Gasteiger partial charge in [0.15, 0.2) is 0 Å². The zero-order chi connectivity index (χ0) is 19.3. The maximum absolute atomic E-state index is 12.5. The largest absolute Gasteiger partial charge is 0.273 e. The molecule has 0 unspecified atom stereocenters. The zero-order valence-corrected chi connectivity index (χ0v) is 16.3. The fourth-order valence-electron chi connectivity index (χ4n) is 3.75. The Hall–Kier alpha value is -1.93. The predicted molar refractivity (Wildman–Crippen MR) is 101 cm³/mol. The molecule has 2 amide bonds. The van der Waals surface area contributed by atoms with Gasteiger partial charge in [-0.2, -0.15) is 4.31 Å². The highest BCUT2D eigenvalue weighted by Crippen LogP contribution is 2.28. The number of amides is 2. The van der Waals surface area contributed by atoms with Gasteiger partial charge >= 0.3 is 0 Å². The molecule has 1 aliphatic carbocycles. The van der Waals surface area contributed by atoms with Crippen LogP contribution in [0.5, 0.6) is 0 Å². The summed E-state index contributed by atoms with van der Waals surface area (Å²) in [5.74, 6) is -0.0469. The van der Waals surface area contributed by atoms with E-state index in [0.29, 0.717) is 31.0 Å². The molecule has 0 radical (unpaired) electrons. The van der Waals surface area contributed by atoms with Gasteiger partial charge in [-0.15, -0.1) is 0 Å². The number of nitrogens with zero attached hydrogens (tertiary/aromatic N) is 1. The number of hydrogen-bond acceptors (Lipinski definition) is 4. The number of hydrogen-bond donors (Lipinski definition) is 2. The van der Waals surface area contributed by atoms with E-state index in [1.54, 1.807) is 0 Å². The molecule has 1 aromatic carbocycles. The Labute approximate surface area is 160 Å². The van der Waals surface area contributed by atoms with E-state index < -0.39 is 15.9 Å². The SMILES string of the molecule is O=C(CCC1CCCC1)NNC(=O)c1ccc(S(=O)(=O)N2CCCC2)cc1. The summed E-state index contributed by atoms with van der Waals surface area (Å²) in [4.78, 5) is 24.2. The molecule has 8 heteroatoms. The van der Waals surface area contributed by atoms with E-state index in [4.69, 9.17) is 0 Å². The van der Waals surface area contributed by atoms with Gasteiger partial charge in [-0.25, -0.2) is 8.42 Å². The zero-order valence-electron chi connectivity index (χ0n) is 15.4. The Bertz CT molecular complexity index is 765. The molecule has 1 aliphatic heterocycles. The van der Waals surface area contributed by atoms with Crippen molar-refractivity contribution in [1.82, 2.24) is 15.2 Å². The summed E-state index contributed by atoms with van der Waals surface area (Å²) >= 11 is 0. The Morgan fingerprint density at radius 2 is 1.59 bits per heavy atom. The smallest absolute Gasteiger partial charge is 0.269 e. The Balaban J connectivity index is 1.49. The number of benzene rings is 1. The molecule has 148 valence electrons. The van der Waals surface area contributed by atoms with Crippen molar-refractivity contribution in [2.45, 2.75) is 56.3 Å². The van der Waals surface area contributed by atoms with Crippen molar-refractivity contribution in [2.75, 3.05) is 13.1 Å². The maximum Gasteiger partial charge on any atom is 0.269 e. The minimum atomic E-state index is -3.49. The molecule has 1 saturated heterocycles. The van der Waals surface area contributed by atoms with Gasteiger partial charge in [-0.05, 0) is 49.4 Å². The van der Waals surface area contributed by atoms with Crippen LogP contribution in [0.2, 0.25) is 0 Å². The van der Waals surface area contributed by atoms with Crippen molar-refractivity contribution in [2.24, 2.45) is 5.92 Å². The lowest BCUT2D eigenvalue weighted by Crippen LogP contribution is -2.41. The van der Waals surface area contributed by atoms with Crippen LogP contribution in [0.25, 0.3) is 0 Å². The third kappa shape index (κ3) is 5.07. The molecule has 0 spiro atoms. The first-order chi connectivity index (χ1) is 13.0. The summed E-state index contributed by atoms with van der Waals surface area (Å²) in [7, 11) is -3.49. The van der Waals surface area contributed by atoms with Gasteiger partial charge in [0.2, 0.25) is 15.9 Å². The van der Waals surface area contributed by atoms with Gasteiger partial charge in [0.05, 0.1) is 4.90 Å². The number of sulfonamides is 1. The molecule has 27 heavy (non-hydrogen) atoms. The first-order valence-corrected chi connectivity index (χ1v) is 11.1. The van der Waals surface area contributed by atoms with Crippen LogP contribution in [0.1, 0.15) is 61.7 Å². The fourth-order valence-corrected chi connectivity index (χ4v) is 5.27. The van der Waals surface area contributed by atoms with Gasteiger partial charge in [-0.1, -0.05) is 25.7 Å². The quantitative estimate of drug-likeness (QED) is 0.724. The van der Waals surface area contributed by atoms with Gasteiger partial charge in [0.25, 0.3) is 5.91 Å². The predicted octanol–water partition coefficient (Wildman–Crippen LogP) is 2.20. The van der Waals surface area contributed by atoms with Crippen LogP contribution in [0.15, 0.2) is 29.2 Å². The summed E-state index contributed by atoms with van der Waals surface area (Å²) < 4.78 is 26.4. The molecule has 1 aromatic rings.